The first-order valence-corrected chi connectivity index (χ1v) is 5.03. The molecule has 1 aromatic carbocycles. The van der Waals surface area contributed by atoms with Gasteiger partial charge in [0.15, 0.2) is 0 Å². The Morgan fingerprint density at radius 3 is 2.53 bits per heavy atom. The van der Waals surface area contributed by atoms with Gasteiger partial charge in [0.05, 0.1) is 27.4 Å². The van der Waals surface area contributed by atoms with Crippen LogP contribution in [0, 0.1) is 0 Å². The zero-order valence-corrected chi connectivity index (χ0v) is 10.1. The summed E-state index contributed by atoms with van der Waals surface area (Å²) in [6, 6.07) is 3.58. The minimum atomic E-state index is 0.218. The molecule has 0 unspecified atom stereocenters. The van der Waals surface area contributed by atoms with Gasteiger partial charge in [-0.1, -0.05) is 0 Å². The van der Waals surface area contributed by atoms with E-state index in [1.165, 1.54) is 6.08 Å². The Labute approximate surface area is 100 Å². The molecule has 0 N–H and O–H groups in total. The van der Waals surface area contributed by atoms with E-state index in [0.717, 1.165) is 11.1 Å². The fourth-order valence-corrected chi connectivity index (χ4v) is 1.55. The number of benzene rings is 1. The Morgan fingerprint density at radius 1 is 1.24 bits per heavy atom. The lowest BCUT2D eigenvalue weighted by Crippen LogP contribution is -2.00. The molecule has 0 saturated carbocycles. The summed E-state index contributed by atoms with van der Waals surface area (Å²) in [5.74, 6) is 1.29. The summed E-state index contributed by atoms with van der Waals surface area (Å²) in [7, 11) is 4.73. The van der Waals surface area contributed by atoms with Gasteiger partial charge in [0.25, 0.3) is 0 Å². The van der Waals surface area contributed by atoms with Crippen molar-refractivity contribution in [1.29, 1.82) is 0 Å². The molecular formula is C12H15NO4. The number of nitrogens with zero attached hydrogens (tertiary/aromatic N) is 1. The molecule has 17 heavy (non-hydrogen) atoms. The third-order valence-electron chi connectivity index (χ3n) is 2.33. The van der Waals surface area contributed by atoms with Gasteiger partial charge < -0.3 is 14.2 Å². The highest BCUT2D eigenvalue weighted by molar-refractivity contribution is 5.47. The lowest BCUT2D eigenvalue weighted by Gasteiger charge is -2.13. The van der Waals surface area contributed by atoms with Crippen LogP contribution in [0.2, 0.25) is 0 Å². The van der Waals surface area contributed by atoms with E-state index in [9.17, 15) is 4.79 Å². The summed E-state index contributed by atoms with van der Waals surface area (Å²) < 4.78 is 15.5. The molecule has 1 rings (SSSR count). The van der Waals surface area contributed by atoms with Gasteiger partial charge in [0.1, 0.15) is 11.5 Å². The van der Waals surface area contributed by atoms with E-state index in [-0.39, 0.29) is 6.54 Å². The number of isocyanates is 1. The fourth-order valence-electron chi connectivity index (χ4n) is 1.55. The fraction of sp³-hybridized carbons (Fsp3) is 0.417. The quantitative estimate of drug-likeness (QED) is 0.558. The van der Waals surface area contributed by atoms with Gasteiger partial charge >= 0.3 is 0 Å². The molecule has 1 aromatic rings. The highest BCUT2D eigenvalue weighted by atomic mass is 16.5. The standard InChI is InChI=1S/C12H15NO4/c1-15-7-9-4-10(16-2)5-12(17-3)11(9)6-13-8-14/h4-5H,6-7H2,1-3H3. The van der Waals surface area contributed by atoms with Crippen LogP contribution >= 0.6 is 0 Å². The highest BCUT2D eigenvalue weighted by Gasteiger charge is 2.11. The van der Waals surface area contributed by atoms with Crippen molar-refractivity contribution in [3.63, 3.8) is 0 Å². The smallest absolute Gasteiger partial charge is 0.235 e. The maximum Gasteiger partial charge on any atom is 0.235 e. The van der Waals surface area contributed by atoms with Gasteiger partial charge in [-0.15, -0.1) is 0 Å². The van der Waals surface area contributed by atoms with E-state index in [4.69, 9.17) is 14.2 Å². The highest BCUT2D eigenvalue weighted by Crippen LogP contribution is 2.29. The topological polar surface area (TPSA) is 57.1 Å². The van der Waals surface area contributed by atoms with Crippen molar-refractivity contribution >= 4 is 6.08 Å². The van der Waals surface area contributed by atoms with Crippen LogP contribution in [0.5, 0.6) is 11.5 Å². The number of ether oxygens (including phenoxy) is 3. The Hall–Kier alpha value is -1.84. The molecular weight excluding hydrogens is 222 g/mol. The van der Waals surface area contributed by atoms with Gasteiger partial charge in [-0.3, -0.25) is 0 Å². The van der Waals surface area contributed by atoms with Crippen LogP contribution in [0.3, 0.4) is 0 Å². The van der Waals surface area contributed by atoms with Crippen molar-refractivity contribution in [3.8, 4) is 11.5 Å². The first kappa shape index (κ1) is 13.2. The minimum absolute atomic E-state index is 0.218. The second-order valence-corrected chi connectivity index (χ2v) is 3.31. The number of carbonyl (C=O) groups excluding carboxylic acids is 1. The molecule has 0 fully saturated rings. The lowest BCUT2D eigenvalue weighted by atomic mass is 10.1. The van der Waals surface area contributed by atoms with Crippen LogP contribution < -0.4 is 9.47 Å². The summed E-state index contributed by atoms with van der Waals surface area (Å²) in [5.41, 5.74) is 1.68. The van der Waals surface area contributed by atoms with Crippen molar-refractivity contribution in [3.05, 3.63) is 23.3 Å². The Kier molecular flexibility index (Phi) is 5.20. The maximum atomic E-state index is 10.2. The monoisotopic (exact) mass is 237 g/mol. The van der Waals surface area contributed by atoms with Gasteiger partial charge in [0.2, 0.25) is 6.08 Å². The van der Waals surface area contributed by atoms with E-state index in [1.807, 2.05) is 6.07 Å². The molecule has 0 atom stereocenters. The molecule has 0 radical (unpaired) electrons. The molecule has 5 nitrogen and oxygen atoms in total. The maximum absolute atomic E-state index is 10.2. The summed E-state index contributed by atoms with van der Waals surface area (Å²) >= 11 is 0. The molecule has 92 valence electrons. The van der Waals surface area contributed by atoms with E-state index in [1.54, 1.807) is 27.4 Å². The predicted octanol–water partition coefficient (Wildman–Crippen LogP) is 1.69. The third-order valence-corrected chi connectivity index (χ3v) is 2.33. The summed E-state index contributed by atoms with van der Waals surface area (Å²) in [6.45, 7) is 0.618. The van der Waals surface area contributed by atoms with Crippen molar-refractivity contribution in [2.45, 2.75) is 13.2 Å². The Morgan fingerprint density at radius 2 is 2.00 bits per heavy atom. The average Bonchev–Trinajstić information content (AvgIpc) is 2.36. The first-order chi connectivity index (χ1) is 8.26. The summed E-state index contributed by atoms with van der Waals surface area (Å²) in [4.78, 5) is 13.7. The van der Waals surface area contributed by atoms with Gasteiger partial charge in [-0.05, 0) is 11.6 Å². The number of aliphatic imine (C=N–C) groups is 1. The second kappa shape index (κ2) is 6.68. The number of hydrogen-bond acceptors (Lipinski definition) is 5. The van der Waals surface area contributed by atoms with E-state index in [0.29, 0.717) is 18.1 Å². The zero-order valence-electron chi connectivity index (χ0n) is 10.1. The normalized spacial score (nSPS) is 9.59. The molecule has 0 saturated heterocycles. The largest absolute Gasteiger partial charge is 0.497 e. The molecule has 5 heteroatoms. The zero-order chi connectivity index (χ0) is 12.7. The third kappa shape index (κ3) is 3.31. The summed E-state index contributed by atoms with van der Waals surface area (Å²) in [6.07, 6.45) is 1.51. The van der Waals surface area contributed by atoms with Crippen LogP contribution in [0.1, 0.15) is 11.1 Å². The molecule has 0 bridgehead atoms. The van der Waals surface area contributed by atoms with Gasteiger partial charge in [-0.2, -0.15) is 0 Å². The van der Waals surface area contributed by atoms with E-state index < -0.39 is 0 Å². The SMILES string of the molecule is COCc1cc(OC)cc(OC)c1CN=C=O. The van der Waals surface area contributed by atoms with E-state index in [2.05, 4.69) is 4.99 Å². The molecule has 0 heterocycles. The van der Waals surface area contributed by atoms with Crippen LogP contribution in [-0.4, -0.2) is 27.4 Å². The Bertz CT molecular complexity index is 425. The Balaban J connectivity index is 3.23. The molecule has 0 aliphatic carbocycles. The van der Waals surface area contributed by atoms with Gasteiger partial charge in [0, 0.05) is 18.7 Å². The van der Waals surface area contributed by atoms with Crippen LogP contribution in [-0.2, 0) is 22.7 Å². The van der Waals surface area contributed by atoms with Crippen LogP contribution in [0.25, 0.3) is 0 Å². The summed E-state index contributed by atoms with van der Waals surface area (Å²) in [5, 5.41) is 0. The molecule has 0 amide bonds. The van der Waals surface area contributed by atoms with Crippen molar-refractivity contribution < 1.29 is 19.0 Å². The first-order valence-electron chi connectivity index (χ1n) is 5.03. The molecule has 0 aromatic heterocycles. The average molecular weight is 237 g/mol. The van der Waals surface area contributed by atoms with Crippen LogP contribution in [0.15, 0.2) is 17.1 Å². The minimum Gasteiger partial charge on any atom is -0.497 e. The molecule has 0 aliphatic heterocycles. The molecule has 0 spiro atoms. The van der Waals surface area contributed by atoms with Crippen LogP contribution in [0.4, 0.5) is 0 Å². The molecule has 0 aliphatic rings. The van der Waals surface area contributed by atoms with Crippen molar-refractivity contribution in [2.24, 2.45) is 4.99 Å². The second-order valence-electron chi connectivity index (χ2n) is 3.31. The van der Waals surface area contributed by atoms with Crippen molar-refractivity contribution in [2.75, 3.05) is 21.3 Å². The van der Waals surface area contributed by atoms with E-state index >= 15 is 0 Å². The number of methoxy groups -OCH3 is 3. The van der Waals surface area contributed by atoms with Gasteiger partial charge in [-0.25, -0.2) is 9.79 Å². The van der Waals surface area contributed by atoms with Crippen molar-refractivity contribution in [1.82, 2.24) is 0 Å². The predicted molar refractivity (Wildman–Crippen MR) is 62.1 cm³/mol. The number of hydrogen-bond donors (Lipinski definition) is 0. The lowest BCUT2D eigenvalue weighted by molar-refractivity contribution is 0.183. The number of rotatable bonds is 6.